The summed E-state index contributed by atoms with van der Waals surface area (Å²) >= 11 is 0. The number of hydrogen-bond donors (Lipinski definition) is 1. The summed E-state index contributed by atoms with van der Waals surface area (Å²) in [5.74, 6) is 0. The molecule has 0 aliphatic rings. The van der Waals surface area contributed by atoms with Crippen LogP contribution in [0.1, 0.15) is 32.6 Å². The Morgan fingerprint density at radius 1 is 0.875 bits per heavy atom. The zero-order chi connectivity index (χ0) is 12.7. The van der Waals surface area contributed by atoms with Crippen LogP contribution in [0.2, 0.25) is 38.3 Å². The van der Waals surface area contributed by atoms with Gasteiger partial charge in [0.05, 0.1) is 0 Å². The van der Waals surface area contributed by atoms with Gasteiger partial charge in [0.25, 0.3) is 0 Å². The highest BCUT2D eigenvalue weighted by Gasteiger charge is 2.31. The van der Waals surface area contributed by atoms with E-state index in [1.807, 2.05) is 0 Å². The van der Waals surface area contributed by atoms with E-state index in [1.165, 1.54) is 24.9 Å². The van der Waals surface area contributed by atoms with Crippen molar-refractivity contribution in [2.75, 3.05) is 6.61 Å². The van der Waals surface area contributed by atoms with Crippen molar-refractivity contribution in [2.45, 2.75) is 70.9 Å². The van der Waals surface area contributed by atoms with Crippen LogP contribution in [0.4, 0.5) is 0 Å². The number of hydrogen-bond acceptors (Lipinski definition) is 2. The molecule has 1 N–H and O–H groups in total. The van der Waals surface area contributed by atoms with E-state index in [0.717, 1.165) is 12.8 Å². The van der Waals surface area contributed by atoms with Gasteiger partial charge in [0.15, 0.2) is 16.6 Å². The molecule has 16 heavy (non-hydrogen) atoms. The summed E-state index contributed by atoms with van der Waals surface area (Å²) < 4.78 is 6.47. The van der Waals surface area contributed by atoms with E-state index in [-0.39, 0.29) is 0 Å². The van der Waals surface area contributed by atoms with Gasteiger partial charge in [0.2, 0.25) is 0 Å². The molecule has 0 atom stereocenters. The summed E-state index contributed by atoms with van der Waals surface area (Å²) in [7, 11) is -2.90. The van der Waals surface area contributed by atoms with Crippen molar-refractivity contribution in [3.05, 3.63) is 0 Å². The summed E-state index contributed by atoms with van der Waals surface area (Å²) in [5.41, 5.74) is 0. The van der Waals surface area contributed by atoms with E-state index in [2.05, 4.69) is 33.1 Å². The molecule has 0 radical (unpaired) electrons. The van der Waals surface area contributed by atoms with Gasteiger partial charge in [0, 0.05) is 6.61 Å². The van der Waals surface area contributed by atoms with E-state index in [4.69, 9.17) is 9.22 Å². The Hall–Kier alpha value is 0.354. The van der Waals surface area contributed by atoms with Crippen LogP contribution >= 0.6 is 0 Å². The molecule has 0 fully saturated rings. The fourth-order valence-corrected chi connectivity index (χ4v) is 11.2. The molecule has 4 heteroatoms. The van der Waals surface area contributed by atoms with Crippen LogP contribution in [0.15, 0.2) is 0 Å². The van der Waals surface area contributed by atoms with Crippen LogP contribution < -0.4 is 0 Å². The molecule has 98 valence electrons. The quantitative estimate of drug-likeness (QED) is 0.503. The van der Waals surface area contributed by atoms with Crippen LogP contribution in [0.3, 0.4) is 0 Å². The van der Waals surface area contributed by atoms with Gasteiger partial charge in [0.1, 0.15) is 0 Å². The number of aliphatic hydroxyl groups excluding tert-OH is 1. The maximum absolute atomic E-state index is 8.80. The molecule has 0 amide bonds. The second kappa shape index (κ2) is 7.64. The summed E-state index contributed by atoms with van der Waals surface area (Å²) in [4.78, 5) is 0. The van der Waals surface area contributed by atoms with Crippen molar-refractivity contribution in [3.63, 3.8) is 0 Å². The van der Waals surface area contributed by atoms with Gasteiger partial charge in [-0.2, -0.15) is 0 Å². The lowest BCUT2D eigenvalue weighted by molar-refractivity contribution is 0.286. The molecule has 0 aliphatic carbocycles. The van der Waals surface area contributed by atoms with Crippen molar-refractivity contribution in [1.29, 1.82) is 0 Å². The Labute approximate surface area is 104 Å². The van der Waals surface area contributed by atoms with Gasteiger partial charge in [-0.15, -0.1) is 0 Å². The molecule has 0 unspecified atom stereocenters. The molecule has 0 rings (SSSR count). The summed E-state index contributed by atoms with van der Waals surface area (Å²) in [6, 6.07) is 2.48. The van der Waals surface area contributed by atoms with Crippen LogP contribution in [0, 0.1) is 0 Å². The van der Waals surface area contributed by atoms with Crippen LogP contribution in [-0.2, 0) is 4.12 Å². The molecule has 0 bridgehead atoms. The first-order valence-electron chi connectivity index (χ1n) is 6.64. The van der Waals surface area contributed by atoms with Crippen molar-refractivity contribution in [3.8, 4) is 0 Å². The Bertz CT molecular complexity index is 182. The normalized spacial score (nSPS) is 13.1. The molecular weight excluding hydrogens is 232 g/mol. The molecule has 0 aromatic carbocycles. The standard InChI is InChI=1S/C12H30O2Si2/c1-6-7-11-15(2,3)14-16(4,5)12-9-8-10-13/h13H,6-12H2,1-5H3. The van der Waals surface area contributed by atoms with Crippen LogP contribution in [0.5, 0.6) is 0 Å². The van der Waals surface area contributed by atoms with Gasteiger partial charge in [-0.25, -0.2) is 0 Å². The van der Waals surface area contributed by atoms with Gasteiger partial charge in [-0.1, -0.05) is 26.2 Å². The monoisotopic (exact) mass is 262 g/mol. The first kappa shape index (κ1) is 16.4. The molecule has 0 saturated heterocycles. The average molecular weight is 263 g/mol. The fourth-order valence-electron chi connectivity index (χ4n) is 2.12. The smallest absolute Gasteiger partial charge is 0.173 e. The fraction of sp³-hybridized carbons (Fsp3) is 1.00. The molecular formula is C12H30O2Si2. The van der Waals surface area contributed by atoms with Gasteiger partial charge in [-0.05, 0) is 44.7 Å². The van der Waals surface area contributed by atoms with Crippen molar-refractivity contribution in [1.82, 2.24) is 0 Å². The number of rotatable bonds is 9. The van der Waals surface area contributed by atoms with E-state index in [0.29, 0.717) is 6.61 Å². The molecule has 0 aromatic heterocycles. The van der Waals surface area contributed by atoms with Crippen molar-refractivity contribution >= 4 is 16.6 Å². The van der Waals surface area contributed by atoms with E-state index in [1.54, 1.807) is 0 Å². The maximum Gasteiger partial charge on any atom is 0.173 e. The highest BCUT2D eigenvalue weighted by molar-refractivity contribution is 6.84. The lowest BCUT2D eigenvalue weighted by atomic mass is 10.4. The Morgan fingerprint density at radius 2 is 1.38 bits per heavy atom. The molecule has 0 saturated carbocycles. The molecule has 0 spiro atoms. The Balaban J connectivity index is 4.01. The molecule has 0 aromatic rings. The zero-order valence-electron chi connectivity index (χ0n) is 11.8. The topological polar surface area (TPSA) is 29.5 Å². The first-order chi connectivity index (χ1) is 7.33. The Kier molecular flexibility index (Phi) is 7.80. The predicted molar refractivity (Wildman–Crippen MR) is 76.9 cm³/mol. The van der Waals surface area contributed by atoms with E-state index < -0.39 is 16.6 Å². The lowest BCUT2D eigenvalue weighted by Gasteiger charge is -2.34. The minimum Gasteiger partial charge on any atom is -0.455 e. The second-order valence-electron chi connectivity index (χ2n) is 5.91. The third-order valence-corrected chi connectivity index (χ3v) is 10.4. The highest BCUT2D eigenvalue weighted by atomic mass is 28.4. The molecule has 0 heterocycles. The predicted octanol–water partition coefficient (Wildman–Crippen LogP) is 3.99. The molecule has 0 aliphatic heterocycles. The van der Waals surface area contributed by atoms with Crippen molar-refractivity contribution in [2.24, 2.45) is 0 Å². The lowest BCUT2D eigenvalue weighted by Crippen LogP contribution is -2.44. The zero-order valence-corrected chi connectivity index (χ0v) is 13.8. The minimum atomic E-state index is -1.48. The van der Waals surface area contributed by atoms with E-state index >= 15 is 0 Å². The summed E-state index contributed by atoms with van der Waals surface area (Å²) in [6.45, 7) is 11.9. The molecule has 2 nitrogen and oxygen atoms in total. The third-order valence-electron chi connectivity index (χ3n) is 2.87. The average Bonchev–Trinajstić information content (AvgIpc) is 2.13. The second-order valence-corrected chi connectivity index (χ2v) is 14.8. The first-order valence-corrected chi connectivity index (χ1v) is 12.9. The van der Waals surface area contributed by atoms with Gasteiger partial charge in [-0.3, -0.25) is 0 Å². The van der Waals surface area contributed by atoms with Gasteiger partial charge < -0.3 is 9.22 Å². The summed E-state index contributed by atoms with van der Waals surface area (Å²) in [6.07, 6.45) is 4.62. The SMILES string of the molecule is CCCC[Si](C)(C)O[Si](C)(C)CCCCO. The summed E-state index contributed by atoms with van der Waals surface area (Å²) in [5, 5.41) is 8.80. The largest absolute Gasteiger partial charge is 0.455 e. The third kappa shape index (κ3) is 8.50. The number of aliphatic hydroxyl groups is 1. The highest BCUT2D eigenvalue weighted by Crippen LogP contribution is 2.24. The minimum absolute atomic E-state index is 0.321. The van der Waals surface area contributed by atoms with Gasteiger partial charge >= 0.3 is 0 Å². The number of unbranched alkanes of at least 4 members (excludes halogenated alkanes) is 2. The van der Waals surface area contributed by atoms with Crippen LogP contribution in [0.25, 0.3) is 0 Å². The van der Waals surface area contributed by atoms with Crippen molar-refractivity contribution < 1.29 is 9.22 Å². The maximum atomic E-state index is 8.80. The van der Waals surface area contributed by atoms with Crippen LogP contribution in [-0.4, -0.2) is 28.3 Å². The Morgan fingerprint density at radius 3 is 1.81 bits per heavy atom. The van der Waals surface area contributed by atoms with E-state index in [9.17, 15) is 0 Å².